The predicted molar refractivity (Wildman–Crippen MR) is 82.3 cm³/mol. The standard InChI is InChI=1S/C17H16N2O2/c1-11-2-4-12(5-3-11)8-16(20)18-14-6-7-15-13(9-14)10-17(21)19-15/h2-7,9H,8,10H2,1H3,(H,18,20)(H,19,21). The van der Waals surface area contributed by atoms with Crippen LogP contribution in [0.3, 0.4) is 0 Å². The molecule has 106 valence electrons. The second-order valence-corrected chi connectivity index (χ2v) is 5.31. The lowest BCUT2D eigenvalue weighted by molar-refractivity contribution is -0.116. The molecule has 2 aromatic rings. The number of hydrogen-bond acceptors (Lipinski definition) is 2. The second-order valence-electron chi connectivity index (χ2n) is 5.31. The number of carbonyl (C=O) groups excluding carboxylic acids is 2. The minimum atomic E-state index is -0.0592. The Morgan fingerprint density at radius 1 is 1.19 bits per heavy atom. The summed E-state index contributed by atoms with van der Waals surface area (Å²) < 4.78 is 0. The average Bonchev–Trinajstić information content (AvgIpc) is 2.80. The van der Waals surface area contributed by atoms with Gasteiger partial charge in [-0.25, -0.2) is 0 Å². The summed E-state index contributed by atoms with van der Waals surface area (Å²) in [4.78, 5) is 23.3. The van der Waals surface area contributed by atoms with Crippen molar-refractivity contribution < 1.29 is 9.59 Å². The van der Waals surface area contributed by atoms with E-state index in [1.807, 2.05) is 43.3 Å². The maximum Gasteiger partial charge on any atom is 0.228 e. The van der Waals surface area contributed by atoms with Gasteiger partial charge in [-0.05, 0) is 36.2 Å². The molecule has 3 rings (SSSR count). The van der Waals surface area contributed by atoms with Crippen LogP contribution < -0.4 is 10.6 Å². The highest BCUT2D eigenvalue weighted by Crippen LogP contribution is 2.26. The predicted octanol–water partition coefficient (Wildman–Crippen LogP) is 2.67. The quantitative estimate of drug-likeness (QED) is 0.908. The third-order valence-electron chi connectivity index (χ3n) is 3.50. The van der Waals surface area contributed by atoms with Crippen LogP contribution in [0.25, 0.3) is 0 Å². The molecule has 0 fully saturated rings. The lowest BCUT2D eigenvalue weighted by atomic mass is 10.1. The van der Waals surface area contributed by atoms with Gasteiger partial charge >= 0.3 is 0 Å². The maximum absolute atomic E-state index is 12.0. The lowest BCUT2D eigenvalue weighted by Gasteiger charge is -2.07. The summed E-state index contributed by atoms with van der Waals surface area (Å²) >= 11 is 0. The van der Waals surface area contributed by atoms with Crippen LogP contribution in [0, 0.1) is 6.92 Å². The molecule has 0 saturated carbocycles. The van der Waals surface area contributed by atoms with E-state index < -0.39 is 0 Å². The summed E-state index contributed by atoms with van der Waals surface area (Å²) in [5.74, 6) is -0.0655. The van der Waals surface area contributed by atoms with Crippen molar-refractivity contribution in [2.75, 3.05) is 10.6 Å². The molecular formula is C17H16N2O2. The van der Waals surface area contributed by atoms with Crippen molar-refractivity contribution >= 4 is 23.2 Å². The molecule has 0 bridgehead atoms. The van der Waals surface area contributed by atoms with Crippen molar-refractivity contribution in [3.8, 4) is 0 Å². The third kappa shape index (κ3) is 3.11. The highest BCUT2D eigenvalue weighted by Gasteiger charge is 2.17. The third-order valence-corrected chi connectivity index (χ3v) is 3.50. The van der Waals surface area contributed by atoms with Gasteiger partial charge < -0.3 is 10.6 Å². The Labute approximate surface area is 123 Å². The summed E-state index contributed by atoms with van der Waals surface area (Å²) in [6.45, 7) is 2.02. The summed E-state index contributed by atoms with van der Waals surface area (Å²) in [5, 5.41) is 5.64. The monoisotopic (exact) mass is 280 g/mol. The molecular weight excluding hydrogens is 264 g/mol. The van der Waals surface area contributed by atoms with Crippen molar-refractivity contribution in [1.82, 2.24) is 0 Å². The van der Waals surface area contributed by atoms with Crippen LogP contribution in [0.5, 0.6) is 0 Å². The van der Waals surface area contributed by atoms with Crippen LogP contribution in [-0.2, 0) is 22.4 Å². The number of carbonyl (C=O) groups is 2. The van der Waals surface area contributed by atoms with Gasteiger partial charge in [-0.15, -0.1) is 0 Å². The molecule has 1 heterocycles. The zero-order valence-electron chi connectivity index (χ0n) is 11.8. The molecule has 2 N–H and O–H groups in total. The van der Waals surface area contributed by atoms with Gasteiger partial charge in [0, 0.05) is 11.4 Å². The molecule has 21 heavy (non-hydrogen) atoms. The Balaban J connectivity index is 1.66. The second kappa shape index (κ2) is 5.40. The molecule has 0 spiro atoms. The van der Waals surface area contributed by atoms with Gasteiger partial charge in [-0.3, -0.25) is 9.59 Å². The van der Waals surface area contributed by atoms with E-state index in [2.05, 4.69) is 10.6 Å². The number of aryl methyl sites for hydroxylation is 1. The van der Waals surface area contributed by atoms with E-state index in [1.165, 1.54) is 5.56 Å². The molecule has 2 aromatic carbocycles. The van der Waals surface area contributed by atoms with Crippen molar-refractivity contribution in [1.29, 1.82) is 0 Å². The Morgan fingerprint density at radius 2 is 1.95 bits per heavy atom. The molecule has 0 unspecified atom stereocenters. The first-order valence-electron chi connectivity index (χ1n) is 6.88. The molecule has 0 aliphatic carbocycles. The Kier molecular flexibility index (Phi) is 3.44. The minimum absolute atomic E-state index is 0.00636. The number of benzene rings is 2. The normalized spacial score (nSPS) is 12.7. The first kappa shape index (κ1) is 13.4. The molecule has 1 aliphatic heterocycles. The minimum Gasteiger partial charge on any atom is -0.326 e. The molecule has 1 aliphatic rings. The van der Waals surface area contributed by atoms with Crippen LogP contribution in [0.2, 0.25) is 0 Å². The van der Waals surface area contributed by atoms with Crippen LogP contribution in [0.4, 0.5) is 11.4 Å². The summed E-state index contributed by atoms with van der Waals surface area (Å²) in [6, 6.07) is 13.4. The Morgan fingerprint density at radius 3 is 2.71 bits per heavy atom. The zero-order chi connectivity index (χ0) is 14.8. The topological polar surface area (TPSA) is 58.2 Å². The van der Waals surface area contributed by atoms with Gasteiger partial charge in [0.15, 0.2) is 0 Å². The Hall–Kier alpha value is -2.62. The molecule has 0 aromatic heterocycles. The van der Waals surface area contributed by atoms with Crippen molar-refractivity contribution in [2.24, 2.45) is 0 Å². The summed E-state index contributed by atoms with van der Waals surface area (Å²) in [7, 11) is 0. The van der Waals surface area contributed by atoms with E-state index in [-0.39, 0.29) is 11.8 Å². The smallest absolute Gasteiger partial charge is 0.228 e. The van der Waals surface area contributed by atoms with E-state index in [1.54, 1.807) is 6.07 Å². The van der Waals surface area contributed by atoms with Gasteiger partial charge in [-0.1, -0.05) is 29.8 Å². The van der Waals surface area contributed by atoms with E-state index in [0.717, 1.165) is 22.5 Å². The number of anilines is 2. The van der Waals surface area contributed by atoms with Crippen molar-refractivity contribution in [2.45, 2.75) is 19.8 Å². The largest absolute Gasteiger partial charge is 0.326 e. The van der Waals surface area contributed by atoms with Crippen LogP contribution >= 0.6 is 0 Å². The van der Waals surface area contributed by atoms with Crippen LogP contribution in [0.15, 0.2) is 42.5 Å². The number of nitrogens with one attached hydrogen (secondary N) is 2. The highest BCUT2D eigenvalue weighted by atomic mass is 16.2. The molecule has 0 radical (unpaired) electrons. The number of fused-ring (bicyclic) bond motifs is 1. The maximum atomic E-state index is 12.0. The molecule has 4 heteroatoms. The van der Waals surface area contributed by atoms with Gasteiger partial charge in [0.05, 0.1) is 12.8 Å². The van der Waals surface area contributed by atoms with Gasteiger partial charge in [0.25, 0.3) is 0 Å². The first-order chi connectivity index (χ1) is 10.1. The van der Waals surface area contributed by atoms with E-state index in [0.29, 0.717) is 12.8 Å². The number of amides is 2. The molecule has 0 saturated heterocycles. The van der Waals surface area contributed by atoms with E-state index in [9.17, 15) is 9.59 Å². The Bertz CT molecular complexity index is 705. The van der Waals surface area contributed by atoms with Crippen molar-refractivity contribution in [3.63, 3.8) is 0 Å². The average molecular weight is 280 g/mol. The fourth-order valence-electron chi connectivity index (χ4n) is 2.40. The molecule has 2 amide bonds. The zero-order valence-corrected chi connectivity index (χ0v) is 11.8. The van der Waals surface area contributed by atoms with Crippen LogP contribution in [0.1, 0.15) is 16.7 Å². The highest BCUT2D eigenvalue weighted by molar-refractivity contribution is 6.00. The fourth-order valence-corrected chi connectivity index (χ4v) is 2.40. The molecule has 4 nitrogen and oxygen atoms in total. The summed E-state index contributed by atoms with van der Waals surface area (Å²) in [5.41, 5.74) is 4.64. The van der Waals surface area contributed by atoms with Gasteiger partial charge in [0.2, 0.25) is 11.8 Å². The SMILES string of the molecule is Cc1ccc(CC(=O)Nc2ccc3c(c2)CC(=O)N3)cc1. The van der Waals surface area contributed by atoms with E-state index >= 15 is 0 Å². The lowest BCUT2D eigenvalue weighted by Crippen LogP contribution is -2.14. The number of rotatable bonds is 3. The van der Waals surface area contributed by atoms with E-state index in [4.69, 9.17) is 0 Å². The van der Waals surface area contributed by atoms with Crippen molar-refractivity contribution in [3.05, 3.63) is 59.2 Å². The van der Waals surface area contributed by atoms with Gasteiger partial charge in [-0.2, -0.15) is 0 Å². The fraction of sp³-hybridized carbons (Fsp3) is 0.176. The number of hydrogen-bond donors (Lipinski definition) is 2. The first-order valence-corrected chi connectivity index (χ1v) is 6.88. The van der Waals surface area contributed by atoms with Crippen LogP contribution in [-0.4, -0.2) is 11.8 Å². The summed E-state index contributed by atoms with van der Waals surface area (Å²) in [6.07, 6.45) is 0.714. The molecule has 0 atom stereocenters. The van der Waals surface area contributed by atoms with Gasteiger partial charge in [0.1, 0.15) is 0 Å².